The number of methoxy groups -OCH3 is 1. The second-order valence-electron chi connectivity index (χ2n) is 11.6. The number of nitrogens with one attached hydrogen (secondary N) is 1. The number of rotatable bonds is 6. The highest BCUT2D eigenvalue weighted by Crippen LogP contribution is 2.39. The molecule has 3 aromatic rings. The quantitative estimate of drug-likeness (QED) is 0.423. The van der Waals surface area contributed by atoms with Crippen LogP contribution >= 0.6 is 11.3 Å². The lowest BCUT2D eigenvalue weighted by atomic mass is 9.89. The smallest absolute Gasteiger partial charge is 0.313 e. The van der Waals surface area contributed by atoms with E-state index in [4.69, 9.17) is 15.5 Å². The Labute approximate surface area is 243 Å². The number of thiazole rings is 1. The number of nitrogens with zero attached hydrogens (tertiary/aromatic N) is 4. The molecule has 1 saturated carbocycles. The fraction of sp³-hybridized carbons (Fsp3) is 0.500. The molecular formula is C30H36N6O4S. The second-order valence-corrected chi connectivity index (χ2v) is 12.6. The van der Waals surface area contributed by atoms with Crippen LogP contribution in [-0.4, -0.2) is 70.3 Å². The van der Waals surface area contributed by atoms with Gasteiger partial charge in [-0.1, -0.05) is 13.0 Å². The van der Waals surface area contributed by atoms with E-state index in [1.807, 2.05) is 0 Å². The van der Waals surface area contributed by atoms with Crippen molar-refractivity contribution in [1.29, 1.82) is 0 Å². The summed E-state index contributed by atoms with van der Waals surface area (Å²) in [4.78, 5) is 51.7. The van der Waals surface area contributed by atoms with Crippen LogP contribution in [0.1, 0.15) is 78.3 Å². The summed E-state index contributed by atoms with van der Waals surface area (Å²) in [5.41, 5.74) is 7.58. The highest BCUT2D eigenvalue weighted by atomic mass is 32.1. The van der Waals surface area contributed by atoms with Gasteiger partial charge in [-0.3, -0.25) is 14.4 Å². The van der Waals surface area contributed by atoms with Crippen molar-refractivity contribution in [1.82, 2.24) is 19.8 Å². The molecule has 0 bridgehead atoms. The lowest BCUT2D eigenvalue weighted by Crippen LogP contribution is -2.46. The minimum Gasteiger partial charge on any atom is -0.480 e. The molecule has 2 atom stereocenters. The molecule has 3 fully saturated rings. The van der Waals surface area contributed by atoms with Gasteiger partial charge in [0.05, 0.1) is 40.3 Å². The second kappa shape index (κ2) is 11.4. The van der Waals surface area contributed by atoms with Gasteiger partial charge < -0.3 is 25.6 Å². The molecule has 41 heavy (non-hydrogen) atoms. The molecule has 6 rings (SSSR count). The fourth-order valence-corrected chi connectivity index (χ4v) is 7.31. The van der Waals surface area contributed by atoms with Crippen molar-refractivity contribution in [2.24, 2.45) is 11.7 Å². The standard InChI is InChI=1S/C30H36N6O4S/c1-17-3-7-24(36(16-17)30(39)27(38)33-20-14-22(26(31)37)28(40-2)32-15-20)19-4-8-25-23(13-19)34-29(41-25)18-9-11-35(12-10-18)21-5-6-21/h4,8,13-15,17-18,21,24H,3,5-7,9-12,16H2,1-2H3,(H2,31,37)(H,33,38)/t17-,24+/m0/s1. The molecule has 0 spiro atoms. The van der Waals surface area contributed by atoms with Gasteiger partial charge in [-0.2, -0.15) is 0 Å². The number of carbonyl (C=O) groups is 3. The monoisotopic (exact) mass is 576 g/mol. The Kier molecular flexibility index (Phi) is 7.65. The predicted molar refractivity (Wildman–Crippen MR) is 157 cm³/mol. The maximum atomic E-state index is 13.5. The number of carbonyl (C=O) groups excluding carboxylic acids is 3. The number of primary amides is 1. The minimum absolute atomic E-state index is 0.0200. The highest BCUT2D eigenvalue weighted by Gasteiger charge is 2.35. The zero-order chi connectivity index (χ0) is 28.7. The summed E-state index contributed by atoms with van der Waals surface area (Å²) in [5, 5.41) is 3.79. The number of piperidine rings is 2. The molecule has 2 aliphatic heterocycles. The van der Waals surface area contributed by atoms with Crippen molar-refractivity contribution in [2.75, 3.05) is 32.1 Å². The number of benzene rings is 1. The van der Waals surface area contributed by atoms with E-state index >= 15 is 0 Å². The maximum Gasteiger partial charge on any atom is 0.313 e. The number of anilines is 1. The molecule has 0 unspecified atom stereocenters. The molecule has 2 saturated heterocycles. The average Bonchev–Trinajstić information content (AvgIpc) is 3.75. The van der Waals surface area contributed by atoms with E-state index in [0.29, 0.717) is 12.5 Å². The number of pyridine rings is 1. The number of ether oxygens (including phenoxy) is 1. The van der Waals surface area contributed by atoms with Crippen LogP contribution in [0.2, 0.25) is 0 Å². The van der Waals surface area contributed by atoms with E-state index < -0.39 is 17.7 Å². The topological polar surface area (TPSA) is 131 Å². The molecular weight excluding hydrogens is 540 g/mol. The Hall–Kier alpha value is -3.57. The van der Waals surface area contributed by atoms with E-state index in [1.54, 1.807) is 16.2 Å². The van der Waals surface area contributed by atoms with Crippen LogP contribution < -0.4 is 15.8 Å². The fourth-order valence-electron chi connectivity index (χ4n) is 6.19. The summed E-state index contributed by atoms with van der Waals surface area (Å²) in [7, 11) is 1.37. The Morgan fingerprint density at radius 1 is 1.07 bits per heavy atom. The normalized spacial score (nSPS) is 22.0. The van der Waals surface area contributed by atoms with Gasteiger partial charge in [0, 0.05) is 18.5 Å². The first-order valence-corrected chi connectivity index (χ1v) is 15.2. The first-order valence-electron chi connectivity index (χ1n) is 14.4. The summed E-state index contributed by atoms with van der Waals surface area (Å²) < 4.78 is 6.22. The van der Waals surface area contributed by atoms with Crippen LogP contribution in [0.3, 0.4) is 0 Å². The molecule has 216 valence electrons. The third kappa shape index (κ3) is 5.78. The molecule has 2 aromatic heterocycles. The molecule has 10 nitrogen and oxygen atoms in total. The minimum atomic E-state index is -0.791. The molecule has 3 N–H and O–H groups in total. The highest BCUT2D eigenvalue weighted by molar-refractivity contribution is 7.18. The van der Waals surface area contributed by atoms with E-state index in [0.717, 1.165) is 60.6 Å². The summed E-state index contributed by atoms with van der Waals surface area (Å²) in [6.45, 7) is 4.88. The lowest BCUT2D eigenvalue weighted by molar-refractivity contribution is -0.146. The third-order valence-corrected chi connectivity index (χ3v) is 9.79. The van der Waals surface area contributed by atoms with Crippen LogP contribution in [0.25, 0.3) is 10.2 Å². The molecule has 3 aliphatic rings. The number of nitrogens with two attached hydrogens (primary N) is 1. The number of amides is 3. The Morgan fingerprint density at radius 2 is 1.85 bits per heavy atom. The zero-order valence-corrected chi connectivity index (χ0v) is 24.3. The first-order chi connectivity index (χ1) is 19.8. The van der Waals surface area contributed by atoms with E-state index in [2.05, 4.69) is 40.3 Å². The zero-order valence-electron chi connectivity index (χ0n) is 23.5. The number of fused-ring (bicyclic) bond motifs is 1. The van der Waals surface area contributed by atoms with Crippen molar-refractivity contribution in [3.8, 4) is 5.88 Å². The van der Waals surface area contributed by atoms with Crippen molar-refractivity contribution in [2.45, 2.75) is 63.5 Å². The number of likely N-dealkylation sites (tertiary alicyclic amines) is 2. The Balaban J connectivity index is 1.19. The van der Waals surface area contributed by atoms with Gasteiger partial charge in [0.2, 0.25) is 5.88 Å². The van der Waals surface area contributed by atoms with Gasteiger partial charge in [-0.25, -0.2) is 9.97 Å². The SMILES string of the molecule is COc1ncc(NC(=O)C(=O)N2C[C@@H](C)CC[C@@H]2c2ccc3sc(C4CCN(C5CC5)CC4)nc3c2)cc1C(N)=O. The summed E-state index contributed by atoms with van der Waals surface area (Å²) in [6, 6.07) is 8.24. The van der Waals surface area contributed by atoms with Gasteiger partial charge in [0.1, 0.15) is 5.56 Å². The maximum absolute atomic E-state index is 13.5. The van der Waals surface area contributed by atoms with Crippen LogP contribution in [0.5, 0.6) is 5.88 Å². The van der Waals surface area contributed by atoms with E-state index in [-0.39, 0.29) is 29.1 Å². The molecule has 1 aliphatic carbocycles. The van der Waals surface area contributed by atoms with Gasteiger partial charge in [-0.05, 0) is 81.3 Å². The van der Waals surface area contributed by atoms with Crippen molar-refractivity contribution in [3.05, 3.63) is 46.6 Å². The molecule has 11 heteroatoms. The summed E-state index contributed by atoms with van der Waals surface area (Å²) in [5.74, 6) is -1.34. The predicted octanol–water partition coefficient (Wildman–Crippen LogP) is 4.08. The van der Waals surface area contributed by atoms with Crippen LogP contribution in [0.15, 0.2) is 30.5 Å². The van der Waals surface area contributed by atoms with Crippen molar-refractivity contribution in [3.63, 3.8) is 0 Å². The third-order valence-electron chi connectivity index (χ3n) is 8.60. The number of hydrogen-bond acceptors (Lipinski definition) is 8. The van der Waals surface area contributed by atoms with Gasteiger partial charge >= 0.3 is 11.8 Å². The van der Waals surface area contributed by atoms with E-state index in [9.17, 15) is 14.4 Å². The van der Waals surface area contributed by atoms with Gasteiger partial charge in [0.25, 0.3) is 5.91 Å². The number of aromatic nitrogens is 2. The van der Waals surface area contributed by atoms with Crippen molar-refractivity contribution >= 4 is 45.0 Å². The summed E-state index contributed by atoms with van der Waals surface area (Å²) >= 11 is 1.78. The Bertz CT molecular complexity index is 1480. The first kappa shape index (κ1) is 27.6. The van der Waals surface area contributed by atoms with Gasteiger partial charge in [0.15, 0.2) is 0 Å². The molecule has 0 radical (unpaired) electrons. The van der Waals surface area contributed by atoms with Crippen LogP contribution in [0.4, 0.5) is 5.69 Å². The van der Waals surface area contributed by atoms with Gasteiger partial charge in [-0.15, -0.1) is 11.3 Å². The average molecular weight is 577 g/mol. The lowest BCUT2D eigenvalue weighted by Gasteiger charge is -2.38. The molecule has 3 amide bonds. The van der Waals surface area contributed by atoms with Crippen molar-refractivity contribution < 1.29 is 19.1 Å². The summed E-state index contributed by atoms with van der Waals surface area (Å²) in [6.07, 6.45) is 8.07. The molecule has 1 aromatic carbocycles. The van der Waals surface area contributed by atoms with E-state index in [1.165, 1.54) is 37.2 Å². The van der Waals surface area contributed by atoms with Crippen LogP contribution in [0, 0.1) is 5.92 Å². The Morgan fingerprint density at radius 3 is 2.56 bits per heavy atom. The number of hydrogen-bond donors (Lipinski definition) is 2. The molecule has 4 heterocycles. The largest absolute Gasteiger partial charge is 0.480 e. The van der Waals surface area contributed by atoms with Crippen LogP contribution in [-0.2, 0) is 9.59 Å².